The average molecular weight is 241 g/mol. The standard InChI is InChI=1S/C14H11NO3/c1-17-12-5-3-2-4-10(12)14-15-11-7-6-9(16)8-13(11)18-14/h2-8,16H,1H3. The van der Waals surface area contributed by atoms with E-state index in [0.717, 1.165) is 5.56 Å². The molecule has 4 nitrogen and oxygen atoms in total. The second-order valence-electron chi connectivity index (χ2n) is 3.87. The molecule has 1 heterocycles. The molecule has 18 heavy (non-hydrogen) atoms. The van der Waals surface area contributed by atoms with Crippen molar-refractivity contribution in [2.75, 3.05) is 7.11 Å². The number of hydrogen-bond donors (Lipinski definition) is 1. The molecule has 0 amide bonds. The van der Waals surface area contributed by atoms with E-state index in [1.165, 1.54) is 0 Å². The molecule has 3 rings (SSSR count). The van der Waals surface area contributed by atoms with E-state index in [9.17, 15) is 5.11 Å². The SMILES string of the molecule is COc1ccccc1-c1nc2ccc(O)cc2o1. The zero-order valence-corrected chi connectivity index (χ0v) is 9.75. The number of benzene rings is 2. The summed E-state index contributed by atoms with van der Waals surface area (Å²) in [5.74, 6) is 1.34. The van der Waals surface area contributed by atoms with Gasteiger partial charge in [0.05, 0.1) is 12.7 Å². The number of hydrogen-bond acceptors (Lipinski definition) is 4. The monoisotopic (exact) mass is 241 g/mol. The fraction of sp³-hybridized carbons (Fsp3) is 0.0714. The number of aromatic nitrogens is 1. The first kappa shape index (κ1) is 10.7. The first-order valence-corrected chi connectivity index (χ1v) is 5.51. The van der Waals surface area contributed by atoms with Gasteiger partial charge in [0.25, 0.3) is 0 Å². The molecule has 0 spiro atoms. The topological polar surface area (TPSA) is 55.5 Å². The molecule has 4 heteroatoms. The van der Waals surface area contributed by atoms with E-state index in [1.807, 2.05) is 24.3 Å². The fourth-order valence-electron chi connectivity index (χ4n) is 1.85. The lowest BCUT2D eigenvalue weighted by atomic mass is 10.2. The number of fused-ring (bicyclic) bond motifs is 1. The van der Waals surface area contributed by atoms with Gasteiger partial charge in [-0.1, -0.05) is 12.1 Å². The third-order valence-corrected chi connectivity index (χ3v) is 2.71. The van der Waals surface area contributed by atoms with Crippen molar-refractivity contribution in [3.8, 4) is 23.0 Å². The molecule has 0 saturated carbocycles. The first-order valence-electron chi connectivity index (χ1n) is 5.51. The van der Waals surface area contributed by atoms with Crippen molar-refractivity contribution in [2.45, 2.75) is 0 Å². The number of nitrogens with zero attached hydrogens (tertiary/aromatic N) is 1. The lowest BCUT2D eigenvalue weighted by molar-refractivity contribution is 0.414. The van der Waals surface area contributed by atoms with Crippen molar-refractivity contribution in [1.82, 2.24) is 4.98 Å². The Balaban J connectivity index is 2.19. The van der Waals surface area contributed by atoms with Crippen LogP contribution in [-0.2, 0) is 0 Å². The van der Waals surface area contributed by atoms with Crippen molar-refractivity contribution in [1.29, 1.82) is 0 Å². The van der Waals surface area contributed by atoms with Gasteiger partial charge in [-0.25, -0.2) is 4.98 Å². The molecule has 0 unspecified atom stereocenters. The quantitative estimate of drug-likeness (QED) is 0.748. The van der Waals surface area contributed by atoms with Crippen LogP contribution in [0.5, 0.6) is 11.5 Å². The molecule has 1 N–H and O–H groups in total. The zero-order chi connectivity index (χ0) is 12.5. The number of ether oxygens (including phenoxy) is 1. The highest BCUT2D eigenvalue weighted by Gasteiger charge is 2.12. The van der Waals surface area contributed by atoms with Crippen LogP contribution in [0.3, 0.4) is 0 Å². The zero-order valence-electron chi connectivity index (χ0n) is 9.75. The van der Waals surface area contributed by atoms with E-state index < -0.39 is 0 Å². The van der Waals surface area contributed by atoms with E-state index in [1.54, 1.807) is 25.3 Å². The number of phenolic OH excluding ortho intramolecular Hbond substituents is 1. The maximum absolute atomic E-state index is 9.40. The number of phenols is 1. The minimum absolute atomic E-state index is 0.158. The maximum Gasteiger partial charge on any atom is 0.231 e. The van der Waals surface area contributed by atoms with E-state index in [0.29, 0.717) is 22.7 Å². The minimum atomic E-state index is 0.158. The number of rotatable bonds is 2. The Kier molecular flexibility index (Phi) is 2.41. The summed E-state index contributed by atoms with van der Waals surface area (Å²) >= 11 is 0. The normalized spacial score (nSPS) is 10.7. The number of methoxy groups -OCH3 is 1. The van der Waals surface area contributed by atoms with Crippen LogP contribution in [0.15, 0.2) is 46.9 Å². The van der Waals surface area contributed by atoms with E-state index in [2.05, 4.69) is 4.98 Å². The summed E-state index contributed by atoms with van der Waals surface area (Å²) in [6, 6.07) is 12.3. The first-order chi connectivity index (χ1) is 8.78. The molecule has 0 aliphatic carbocycles. The second-order valence-corrected chi connectivity index (χ2v) is 3.87. The lowest BCUT2D eigenvalue weighted by Crippen LogP contribution is -1.86. The smallest absolute Gasteiger partial charge is 0.231 e. The Morgan fingerprint density at radius 3 is 2.83 bits per heavy atom. The van der Waals surface area contributed by atoms with Crippen molar-refractivity contribution < 1.29 is 14.3 Å². The number of aromatic hydroxyl groups is 1. The van der Waals surface area contributed by atoms with Gasteiger partial charge in [-0.2, -0.15) is 0 Å². The van der Waals surface area contributed by atoms with E-state index in [4.69, 9.17) is 9.15 Å². The van der Waals surface area contributed by atoms with Crippen LogP contribution in [0.2, 0.25) is 0 Å². The van der Waals surface area contributed by atoms with Gasteiger partial charge in [-0.15, -0.1) is 0 Å². The van der Waals surface area contributed by atoms with Gasteiger partial charge >= 0.3 is 0 Å². The highest BCUT2D eigenvalue weighted by Crippen LogP contribution is 2.32. The van der Waals surface area contributed by atoms with Crippen molar-refractivity contribution in [3.63, 3.8) is 0 Å². The number of oxazole rings is 1. The molecule has 0 aliphatic rings. The summed E-state index contributed by atoms with van der Waals surface area (Å²) in [4.78, 5) is 4.37. The number of para-hydroxylation sites is 1. The van der Waals surface area contributed by atoms with Gasteiger partial charge in [0.2, 0.25) is 5.89 Å². The van der Waals surface area contributed by atoms with Crippen LogP contribution < -0.4 is 4.74 Å². The molecule has 90 valence electrons. The van der Waals surface area contributed by atoms with Gasteiger partial charge in [0.15, 0.2) is 5.58 Å². The Morgan fingerprint density at radius 1 is 1.17 bits per heavy atom. The largest absolute Gasteiger partial charge is 0.508 e. The summed E-state index contributed by atoms with van der Waals surface area (Å²) in [6.45, 7) is 0. The van der Waals surface area contributed by atoms with Crippen LogP contribution >= 0.6 is 0 Å². The Hall–Kier alpha value is -2.49. The molecule has 2 aromatic carbocycles. The van der Waals surface area contributed by atoms with Crippen LogP contribution in [-0.4, -0.2) is 17.2 Å². The van der Waals surface area contributed by atoms with Crippen molar-refractivity contribution >= 4 is 11.1 Å². The molecule has 3 aromatic rings. The molecule has 0 fully saturated rings. The van der Waals surface area contributed by atoms with Crippen LogP contribution in [0, 0.1) is 0 Å². The molecule has 0 atom stereocenters. The Bertz CT molecular complexity index is 703. The predicted molar refractivity (Wildman–Crippen MR) is 67.7 cm³/mol. The fourth-order valence-corrected chi connectivity index (χ4v) is 1.85. The van der Waals surface area contributed by atoms with Crippen LogP contribution in [0.25, 0.3) is 22.6 Å². The van der Waals surface area contributed by atoms with Crippen LogP contribution in [0.1, 0.15) is 0 Å². The summed E-state index contributed by atoms with van der Waals surface area (Å²) in [5, 5.41) is 9.40. The summed E-state index contributed by atoms with van der Waals surface area (Å²) < 4.78 is 10.9. The molecule has 1 aromatic heterocycles. The summed E-state index contributed by atoms with van der Waals surface area (Å²) in [7, 11) is 1.60. The van der Waals surface area contributed by atoms with Crippen molar-refractivity contribution in [3.05, 3.63) is 42.5 Å². The highest BCUT2D eigenvalue weighted by molar-refractivity contribution is 5.78. The van der Waals surface area contributed by atoms with Gasteiger partial charge in [-0.05, 0) is 24.3 Å². The summed E-state index contributed by atoms with van der Waals surface area (Å²) in [6.07, 6.45) is 0. The van der Waals surface area contributed by atoms with Crippen molar-refractivity contribution in [2.24, 2.45) is 0 Å². The third-order valence-electron chi connectivity index (χ3n) is 2.71. The van der Waals surface area contributed by atoms with Gasteiger partial charge in [0, 0.05) is 6.07 Å². The Labute approximate surface area is 103 Å². The van der Waals surface area contributed by atoms with Gasteiger partial charge < -0.3 is 14.3 Å². The van der Waals surface area contributed by atoms with Crippen LogP contribution in [0.4, 0.5) is 0 Å². The maximum atomic E-state index is 9.40. The lowest BCUT2D eigenvalue weighted by Gasteiger charge is -2.03. The molecule has 0 bridgehead atoms. The average Bonchev–Trinajstić information content (AvgIpc) is 2.81. The van der Waals surface area contributed by atoms with E-state index in [-0.39, 0.29) is 5.75 Å². The van der Waals surface area contributed by atoms with Gasteiger partial charge in [0.1, 0.15) is 17.0 Å². The predicted octanol–water partition coefficient (Wildman–Crippen LogP) is 3.21. The van der Waals surface area contributed by atoms with Gasteiger partial charge in [-0.3, -0.25) is 0 Å². The molecular formula is C14H11NO3. The minimum Gasteiger partial charge on any atom is -0.508 e. The third kappa shape index (κ3) is 1.68. The molecule has 0 saturated heterocycles. The molecule has 0 aliphatic heterocycles. The summed E-state index contributed by atoms with van der Waals surface area (Å²) in [5.41, 5.74) is 2.04. The Morgan fingerprint density at radius 2 is 2.00 bits per heavy atom. The van der Waals surface area contributed by atoms with E-state index >= 15 is 0 Å². The second kappa shape index (κ2) is 4.07. The molecular weight excluding hydrogens is 230 g/mol. The molecule has 0 radical (unpaired) electrons. The highest BCUT2D eigenvalue weighted by atomic mass is 16.5.